The first-order chi connectivity index (χ1) is 8.36. The van der Waals surface area contributed by atoms with E-state index in [4.69, 9.17) is 9.15 Å². The summed E-state index contributed by atoms with van der Waals surface area (Å²) in [7, 11) is 1.68. The van der Waals surface area contributed by atoms with Crippen molar-refractivity contribution >= 4 is 0 Å². The molecule has 0 bridgehead atoms. The second-order valence-corrected chi connectivity index (χ2v) is 3.75. The van der Waals surface area contributed by atoms with Gasteiger partial charge in [0.25, 0.3) is 0 Å². The lowest BCUT2D eigenvalue weighted by Crippen LogP contribution is -2.22. The molecule has 3 nitrogen and oxygen atoms in total. The van der Waals surface area contributed by atoms with Crippen molar-refractivity contribution in [3.63, 3.8) is 0 Å². The van der Waals surface area contributed by atoms with Crippen LogP contribution in [0.4, 0.5) is 0 Å². The Morgan fingerprint density at radius 1 is 1.24 bits per heavy atom. The molecule has 0 fully saturated rings. The quantitative estimate of drug-likeness (QED) is 0.859. The number of rotatable bonds is 5. The monoisotopic (exact) mass is 231 g/mol. The second kappa shape index (κ2) is 5.55. The average Bonchev–Trinajstić information content (AvgIpc) is 2.89. The van der Waals surface area contributed by atoms with E-state index in [9.17, 15) is 0 Å². The lowest BCUT2D eigenvalue weighted by atomic mass is 10.0. The smallest absolute Gasteiger partial charge is 0.125 e. The van der Waals surface area contributed by atoms with Gasteiger partial charge < -0.3 is 14.5 Å². The Morgan fingerprint density at radius 3 is 2.71 bits per heavy atom. The zero-order valence-electron chi connectivity index (χ0n) is 10.1. The molecule has 1 aromatic carbocycles. The fourth-order valence-corrected chi connectivity index (χ4v) is 1.93. The van der Waals surface area contributed by atoms with Gasteiger partial charge in [0.05, 0.1) is 19.4 Å². The van der Waals surface area contributed by atoms with E-state index in [0.717, 1.165) is 23.6 Å². The van der Waals surface area contributed by atoms with Gasteiger partial charge in [-0.3, -0.25) is 0 Å². The SMILES string of the molecule is CCNC(c1ccco1)c1ccccc1OC. The van der Waals surface area contributed by atoms with E-state index < -0.39 is 0 Å². The molecular weight excluding hydrogens is 214 g/mol. The molecule has 17 heavy (non-hydrogen) atoms. The first-order valence-corrected chi connectivity index (χ1v) is 5.76. The highest BCUT2D eigenvalue weighted by atomic mass is 16.5. The summed E-state index contributed by atoms with van der Waals surface area (Å²) in [5.74, 6) is 1.77. The molecule has 0 saturated carbocycles. The molecule has 0 amide bonds. The first-order valence-electron chi connectivity index (χ1n) is 5.76. The van der Waals surface area contributed by atoms with Gasteiger partial charge in [-0.1, -0.05) is 25.1 Å². The Balaban J connectivity index is 2.39. The highest BCUT2D eigenvalue weighted by Gasteiger charge is 2.18. The molecule has 90 valence electrons. The van der Waals surface area contributed by atoms with Crippen molar-refractivity contribution in [1.82, 2.24) is 5.32 Å². The molecule has 1 atom stereocenters. The lowest BCUT2D eigenvalue weighted by Gasteiger charge is -2.18. The van der Waals surface area contributed by atoms with Crippen LogP contribution in [0, 0.1) is 0 Å². The third kappa shape index (κ3) is 2.50. The second-order valence-electron chi connectivity index (χ2n) is 3.75. The maximum atomic E-state index is 5.48. The fraction of sp³-hybridized carbons (Fsp3) is 0.286. The van der Waals surface area contributed by atoms with Gasteiger partial charge in [0.15, 0.2) is 0 Å². The van der Waals surface area contributed by atoms with Crippen molar-refractivity contribution in [2.45, 2.75) is 13.0 Å². The Bertz CT molecular complexity index is 451. The van der Waals surface area contributed by atoms with E-state index in [2.05, 4.69) is 18.3 Å². The minimum atomic E-state index is 0.0335. The highest BCUT2D eigenvalue weighted by Crippen LogP contribution is 2.29. The summed E-state index contributed by atoms with van der Waals surface area (Å²) in [5, 5.41) is 3.40. The predicted octanol–water partition coefficient (Wildman–Crippen LogP) is 2.99. The minimum absolute atomic E-state index is 0.0335. The van der Waals surface area contributed by atoms with Gasteiger partial charge in [-0.15, -0.1) is 0 Å². The summed E-state index contributed by atoms with van der Waals surface area (Å²) >= 11 is 0. The van der Waals surface area contributed by atoms with E-state index in [1.807, 2.05) is 30.3 Å². The van der Waals surface area contributed by atoms with Crippen molar-refractivity contribution < 1.29 is 9.15 Å². The van der Waals surface area contributed by atoms with Crippen LogP contribution < -0.4 is 10.1 Å². The number of para-hydroxylation sites is 1. The van der Waals surface area contributed by atoms with Crippen LogP contribution >= 0.6 is 0 Å². The maximum Gasteiger partial charge on any atom is 0.125 e. The molecule has 1 unspecified atom stereocenters. The summed E-state index contributed by atoms with van der Waals surface area (Å²) < 4.78 is 10.9. The predicted molar refractivity (Wildman–Crippen MR) is 67.2 cm³/mol. The third-order valence-corrected chi connectivity index (χ3v) is 2.69. The van der Waals surface area contributed by atoms with E-state index in [0.29, 0.717) is 0 Å². The minimum Gasteiger partial charge on any atom is -0.496 e. The van der Waals surface area contributed by atoms with Crippen molar-refractivity contribution in [2.75, 3.05) is 13.7 Å². The van der Waals surface area contributed by atoms with Crippen LogP contribution in [0.5, 0.6) is 5.75 Å². The number of hydrogen-bond donors (Lipinski definition) is 1. The van der Waals surface area contributed by atoms with E-state index in [1.165, 1.54) is 0 Å². The lowest BCUT2D eigenvalue weighted by molar-refractivity contribution is 0.394. The topological polar surface area (TPSA) is 34.4 Å². The molecule has 1 heterocycles. The van der Waals surface area contributed by atoms with Gasteiger partial charge in [-0.25, -0.2) is 0 Å². The number of methoxy groups -OCH3 is 1. The van der Waals surface area contributed by atoms with Gasteiger partial charge in [-0.05, 0) is 24.7 Å². The van der Waals surface area contributed by atoms with Crippen LogP contribution in [0.3, 0.4) is 0 Å². The molecule has 3 heteroatoms. The van der Waals surface area contributed by atoms with Gasteiger partial charge in [0, 0.05) is 5.56 Å². The molecule has 2 aromatic rings. The Morgan fingerprint density at radius 2 is 2.06 bits per heavy atom. The van der Waals surface area contributed by atoms with E-state index in [-0.39, 0.29) is 6.04 Å². The number of nitrogens with one attached hydrogen (secondary N) is 1. The van der Waals surface area contributed by atoms with Crippen molar-refractivity contribution in [2.24, 2.45) is 0 Å². The van der Waals surface area contributed by atoms with Crippen LogP contribution in [0.15, 0.2) is 47.1 Å². The molecule has 0 spiro atoms. The Labute approximate surface area is 101 Å². The molecule has 0 aliphatic heterocycles. The van der Waals surface area contributed by atoms with Crippen LogP contribution in [0.25, 0.3) is 0 Å². The van der Waals surface area contributed by atoms with E-state index >= 15 is 0 Å². The van der Waals surface area contributed by atoms with E-state index in [1.54, 1.807) is 13.4 Å². The first kappa shape index (κ1) is 11.7. The number of ether oxygens (including phenoxy) is 1. The van der Waals surface area contributed by atoms with Gasteiger partial charge in [0.1, 0.15) is 11.5 Å². The molecule has 0 aliphatic carbocycles. The average molecular weight is 231 g/mol. The molecule has 0 saturated heterocycles. The summed E-state index contributed by atoms with van der Waals surface area (Å²) in [5.41, 5.74) is 1.09. The molecule has 0 aliphatic rings. The number of benzene rings is 1. The van der Waals surface area contributed by atoms with Crippen LogP contribution in [0.1, 0.15) is 24.3 Å². The van der Waals surface area contributed by atoms with Crippen molar-refractivity contribution in [3.8, 4) is 5.75 Å². The highest BCUT2D eigenvalue weighted by molar-refractivity contribution is 5.39. The Kier molecular flexibility index (Phi) is 3.83. The zero-order valence-corrected chi connectivity index (χ0v) is 10.1. The number of hydrogen-bond acceptors (Lipinski definition) is 3. The summed E-state index contributed by atoms with van der Waals surface area (Å²) in [6.45, 7) is 2.94. The Hall–Kier alpha value is -1.74. The molecule has 2 rings (SSSR count). The van der Waals surface area contributed by atoms with Crippen molar-refractivity contribution in [1.29, 1.82) is 0 Å². The molecule has 0 radical (unpaired) electrons. The number of furan rings is 1. The van der Waals surface area contributed by atoms with Crippen LogP contribution in [-0.4, -0.2) is 13.7 Å². The van der Waals surface area contributed by atoms with Gasteiger partial charge in [-0.2, -0.15) is 0 Å². The van der Waals surface area contributed by atoms with Crippen LogP contribution in [-0.2, 0) is 0 Å². The third-order valence-electron chi connectivity index (χ3n) is 2.69. The van der Waals surface area contributed by atoms with Crippen molar-refractivity contribution in [3.05, 3.63) is 54.0 Å². The molecule has 1 N–H and O–H groups in total. The normalized spacial score (nSPS) is 12.4. The van der Waals surface area contributed by atoms with Gasteiger partial charge >= 0.3 is 0 Å². The summed E-state index contributed by atoms with van der Waals surface area (Å²) in [4.78, 5) is 0. The summed E-state index contributed by atoms with van der Waals surface area (Å²) in [6, 6.07) is 11.9. The van der Waals surface area contributed by atoms with Crippen LogP contribution in [0.2, 0.25) is 0 Å². The maximum absolute atomic E-state index is 5.48. The fourth-order valence-electron chi connectivity index (χ4n) is 1.93. The summed E-state index contributed by atoms with van der Waals surface area (Å²) in [6.07, 6.45) is 1.69. The molecular formula is C14H17NO2. The largest absolute Gasteiger partial charge is 0.496 e. The van der Waals surface area contributed by atoms with Gasteiger partial charge in [0.2, 0.25) is 0 Å². The standard InChI is InChI=1S/C14H17NO2/c1-3-15-14(13-9-6-10-17-13)11-7-4-5-8-12(11)16-2/h4-10,14-15H,3H2,1-2H3. The molecule has 1 aromatic heterocycles. The zero-order chi connectivity index (χ0) is 12.1.